The molecule has 7 nitrogen and oxygen atoms in total. The second-order valence-electron chi connectivity index (χ2n) is 6.74. The maximum Gasteiger partial charge on any atom is 0.337 e. The van der Waals surface area contributed by atoms with Crippen molar-refractivity contribution >= 4 is 40.7 Å². The quantitative estimate of drug-likeness (QED) is 0.449. The van der Waals surface area contributed by atoms with Crippen LogP contribution < -0.4 is 5.32 Å². The maximum atomic E-state index is 12.5. The molecule has 9 heteroatoms. The normalized spacial score (nSPS) is 13.3. The van der Waals surface area contributed by atoms with Gasteiger partial charge in [-0.05, 0) is 48.9 Å². The summed E-state index contributed by atoms with van der Waals surface area (Å²) in [5, 5.41) is 14.3. The van der Waals surface area contributed by atoms with Crippen LogP contribution >= 0.6 is 23.1 Å². The Morgan fingerprint density at radius 2 is 2.14 bits per heavy atom. The number of aromatic nitrogens is 3. The highest BCUT2D eigenvalue weighted by atomic mass is 32.2. The first-order valence-electron chi connectivity index (χ1n) is 9.17. The Morgan fingerprint density at radius 1 is 1.31 bits per heavy atom. The number of carbonyl (C=O) groups is 2. The van der Waals surface area contributed by atoms with Crippen LogP contribution in [0.15, 0.2) is 40.9 Å². The Morgan fingerprint density at radius 3 is 2.83 bits per heavy atom. The largest absolute Gasteiger partial charge is 0.465 e. The van der Waals surface area contributed by atoms with Crippen LogP contribution in [-0.2, 0) is 9.53 Å². The number of esters is 1. The van der Waals surface area contributed by atoms with Crippen molar-refractivity contribution in [1.82, 2.24) is 14.8 Å². The second-order valence-corrected chi connectivity index (χ2v) is 8.63. The van der Waals surface area contributed by atoms with E-state index in [0.717, 1.165) is 34.3 Å². The molecule has 1 aliphatic carbocycles. The lowest BCUT2D eigenvalue weighted by molar-refractivity contribution is -0.113. The lowest BCUT2D eigenvalue weighted by atomic mass is 10.1. The first-order chi connectivity index (χ1) is 14.1. The molecule has 3 aromatic rings. The van der Waals surface area contributed by atoms with Gasteiger partial charge in [0.2, 0.25) is 5.91 Å². The number of methoxy groups -OCH3 is 1. The van der Waals surface area contributed by atoms with Crippen molar-refractivity contribution in [3.63, 3.8) is 0 Å². The monoisotopic (exact) mass is 428 g/mol. The molecule has 2 aromatic heterocycles. The molecule has 1 fully saturated rings. The highest BCUT2D eigenvalue weighted by Gasteiger charge is 2.30. The number of nitrogens with zero attached hydrogens (tertiary/aromatic N) is 3. The van der Waals surface area contributed by atoms with Crippen molar-refractivity contribution in [2.45, 2.75) is 31.0 Å². The minimum Gasteiger partial charge on any atom is -0.465 e. The van der Waals surface area contributed by atoms with Gasteiger partial charge in [0.1, 0.15) is 0 Å². The van der Waals surface area contributed by atoms with Crippen LogP contribution in [0.2, 0.25) is 0 Å². The van der Waals surface area contributed by atoms with Crippen LogP contribution in [0, 0.1) is 6.92 Å². The zero-order valence-electron chi connectivity index (χ0n) is 16.0. The number of thiophene rings is 1. The maximum absolute atomic E-state index is 12.5. The lowest BCUT2D eigenvalue weighted by Gasteiger charge is -2.10. The summed E-state index contributed by atoms with van der Waals surface area (Å²) in [4.78, 5) is 25.3. The van der Waals surface area contributed by atoms with Gasteiger partial charge in [-0.25, -0.2) is 4.79 Å². The van der Waals surface area contributed by atoms with Crippen LogP contribution in [0.5, 0.6) is 0 Å². The van der Waals surface area contributed by atoms with E-state index < -0.39 is 5.97 Å². The molecule has 0 aliphatic heterocycles. The number of rotatable bonds is 7. The summed E-state index contributed by atoms with van der Waals surface area (Å²) < 4.78 is 6.89. The average molecular weight is 429 g/mol. The molecule has 2 heterocycles. The Kier molecular flexibility index (Phi) is 5.68. The van der Waals surface area contributed by atoms with Gasteiger partial charge in [-0.2, -0.15) is 0 Å². The molecule has 1 aliphatic rings. The molecule has 0 radical (unpaired) electrons. The molecule has 1 saturated carbocycles. The van der Waals surface area contributed by atoms with Gasteiger partial charge in [0.05, 0.1) is 23.3 Å². The van der Waals surface area contributed by atoms with Gasteiger partial charge in [-0.3, -0.25) is 9.36 Å². The number of aryl methyl sites for hydroxylation is 1. The van der Waals surface area contributed by atoms with E-state index in [2.05, 4.69) is 20.1 Å². The molecule has 0 atom stereocenters. The average Bonchev–Trinajstić information content (AvgIpc) is 3.24. The van der Waals surface area contributed by atoms with Crippen LogP contribution in [0.4, 0.5) is 5.69 Å². The Balaban J connectivity index is 1.45. The number of anilines is 1. The third-order valence-electron chi connectivity index (χ3n) is 4.58. The molecule has 150 valence electrons. The van der Waals surface area contributed by atoms with E-state index in [1.807, 2.05) is 24.4 Å². The van der Waals surface area contributed by atoms with Crippen molar-refractivity contribution in [3.05, 3.63) is 46.8 Å². The number of amides is 1. The molecule has 0 spiro atoms. The van der Waals surface area contributed by atoms with E-state index in [0.29, 0.717) is 17.3 Å². The van der Waals surface area contributed by atoms with Gasteiger partial charge >= 0.3 is 5.97 Å². The summed E-state index contributed by atoms with van der Waals surface area (Å²) in [5.41, 5.74) is 1.87. The smallest absolute Gasteiger partial charge is 0.337 e. The number of benzene rings is 1. The van der Waals surface area contributed by atoms with E-state index in [4.69, 9.17) is 4.74 Å². The SMILES string of the molecule is COC(=O)c1ccc(C)c(NC(=O)CSc2nnc(-c3cccs3)n2C2CC2)c1. The predicted molar refractivity (Wildman–Crippen MR) is 113 cm³/mol. The Bertz CT molecular complexity index is 1040. The molecule has 4 rings (SSSR count). The first-order valence-corrected chi connectivity index (χ1v) is 11.0. The van der Waals surface area contributed by atoms with Crippen LogP contribution in [0.1, 0.15) is 34.8 Å². The molecule has 0 saturated heterocycles. The highest BCUT2D eigenvalue weighted by Crippen LogP contribution is 2.41. The minimum absolute atomic E-state index is 0.164. The summed E-state index contributed by atoms with van der Waals surface area (Å²) in [6, 6.07) is 9.53. The van der Waals surface area contributed by atoms with Gasteiger partial charge in [0.25, 0.3) is 0 Å². The summed E-state index contributed by atoms with van der Waals surface area (Å²) in [5.74, 6) is 0.473. The highest BCUT2D eigenvalue weighted by molar-refractivity contribution is 7.99. The predicted octanol–water partition coefficient (Wildman–Crippen LogP) is 4.17. The van der Waals surface area contributed by atoms with E-state index in [1.54, 1.807) is 29.5 Å². The molecular formula is C20H20N4O3S2. The third kappa shape index (κ3) is 4.35. The molecule has 1 aromatic carbocycles. The van der Waals surface area contributed by atoms with Gasteiger partial charge in [0, 0.05) is 11.7 Å². The molecule has 1 amide bonds. The van der Waals surface area contributed by atoms with Gasteiger partial charge < -0.3 is 10.1 Å². The van der Waals surface area contributed by atoms with Gasteiger partial charge in [0.15, 0.2) is 11.0 Å². The van der Waals surface area contributed by atoms with E-state index in [1.165, 1.54) is 18.9 Å². The lowest BCUT2D eigenvalue weighted by Crippen LogP contribution is -2.16. The minimum atomic E-state index is -0.437. The number of carbonyl (C=O) groups excluding carboxylic acids is 2. The van der Waals surface area contributed by atoms with Gasteiger partial charge in [-0.1, -0.05) is 23.9 Å². The topological polar surface area (TPSA) is 86.1 Å². The fourth-order valence-electron chi connectivity index (χ4n) is 2.93. The summed E-state index contributed by atoms with van der Waals surface area (Å²) >= 11 is 3.00. The molecule has 1 N–H and O–H groups in total. The van der Waals surface area contributed by atoms with E-state index in [-0.39, 0.29) is 11.7 Å². The van der Waals surface area contributed by atoms with Crippen molar-refractivity contribution in [2.24, 2.45) is 0 Å². The number of ether oxygens (including phenoxy) is 1. The third-order valence-corrected chi connectivity index (χ3v) is 6.39. The Labute approximate surface area is 176 Å². The summed E-state index contributed by atoms with van der Waals surface area (Å²) in [7, 11) is 1.33. The van der Waals surface area contributed by atoms with Crippen molar-refractivity contribution in [1.29, 1.82) is 0 Å². The number of nitrogens with one attached hydrogen (secondary N) is 1. The zero-order chi connectivity index (χ0) is 20.4. The standard InChI is InChI=1S/C20H20N4O3S2/c1-12-5-6-13(19(26)27-2)10-15(12)21-17(25)11-29-20-23-22-18(16-4-3-9-28-16)24(20)14-7-8-14/h3-6,9-10,14H,7-8,11H2,1-2H3,(H,21,25). The van der Waals surface area contributed by atoms with Gasteiger partial charge in [-0.15, -0.1) is 21.5 Å². The zero-order valence-corrected chi connectivity index (χ0v) is 17.7. The fraction of sp³-hybridized carbons (Fsp3) is 0.300. The second kappa shape index (κ2) is 8.38. The van der Waals surface area contributed by atoms with E-state index in [9.17, 15) is 9.59 Å². The van der Waals surface area contributed by atoms with Crippen LogP contribution in [0.3, 0.4) is 0 Å². The molecule has 29 heavy (non-hydrogen) atoms. The van der Waals surface area contributed by atoms with Crippen molar-refractivity contribution in [3.8, 4) is 10.7 Å². The first kappa shape index (κ1) is 19.7. The molecule has 0 bridgehead atoms. The molecular weight excluding hydrogens is 408 g/mol. The number of thioether (sulfide) groups is 1. The summed E-state index contributed by atoms with van der Waals surface area (Å²) in [6.45, 7) is 1.88. The van der Waals surface area contributed by atoms with Crippen LogP contribution in [0.25, 0.3) is 10.7 Å². The van der Waals surface area contributed by atoms with Crippen molar-refractivity contribution in [2.75, 3.05) is 18.2 Å². The Hall–Kier alpha value is -2.65. The van der Waals surface area contributed by atoms with E-state index >= 15 is 0 Å². The fourth-order valence-corrected chi connectivity index (χ4v) is 4.44. The summed E-state index contributed by atoms with van der Waals surface area (Å²) in [6.07, 6.45) is 2.21. The molecule has 0 unspecified atom stereocenters. The van der Waals surface area contributed by atoms with Crippen LogP contribution in [-0.4, -0.2) is 39.5 Å². The number of hydrogen-bond donors (Lipinski definition) is 1. The van der Waals surface area contributed by atoms with Crippen molar-refractivity contribution < 1.29 is 14.3 Å². The number of hydrogen-bond acceptors (Lipinski definition) is 7.